The van der Waals surface area contributed by atoms with Crippen molar-refractivity contribution < 1.29 is 14.7 Å². The highest BCUT2D eigenvalue weighted by atomic mass is 16.3. The maximum absolute atomic E-state index is 14.0. The molecule has 0 fully saturated rings. The zero-order chi connectivity index (χ0) is 23.9. The van der Waals surface area contributed by atoms with E-state index < -0.39 is 6.04 Å². The maximum Gasteiger partial charge on any atom is 0.232 e. The summed E-state index contributed by atoms with van der Waals surface area (Å²) in [6.07, 6.45) is 1.30. The van der Waals surface area contributed by atoms with Gasteiger partial charge in [0.15, 0.2) is 5.78 Å². The Bertz CT molecular complexity index is 1290. The van der Waals surface area contributed by atoms with Crippen molar-refractivity contribution in [2.45, 2.75) is 39.2 Å². The van der Waals surface area contributed by atoms with E-state index in [9.17, 15) is 14.7 Å². The van der Waals surface area contributed by atoms with E-state index in [1.807, 2.05) is 60.7 Å². The summed E-state index contributed by atoms with van der Waals surface area (Å²) in [5, 5.41) is 13.8. The van der Waals surface area contributed by atoms with Crippen LogP contribution in [0.15, 0.2) is 90.1 Å². The first-order valence-corrected chi connectivity index (χ1v) is 11.6. The number of para-hydroxylation sites is 2. The van der Waals surface area contributed by atoms with Gasteiger partial charge in [0.05, 0.1) is 23.8 Å². The molecule has 2 aliphatic rings. The molecule has 0 saturated carbocycles. The molecule has 172 valence electrons. The third-order valence-corrected chi connectivity index (χ3v) is 6.55. The molecule has 1 aliphatic heterocycles. The standard InChI is InChI=1S/C29H28N2O3/c1-29(2)17-23-27(25(33)18-29)28(20-11-8-12-21(32)16-20)31(24-14-7-6-13-22(24)30-23)26(34)15-19-9-4-3-5-10-19/h3-14,16,28,30,32H,15,17-18H2,1-2H3. The number of hydrogen-bond acceptors (Lipinski definition) is 4. The van der Waals surface area contributed by atoms with Crippen molar-refractivity contribution in [1.82, 2.24) is 0 Å². The monoisotopic (exact) mass is 452 g/mol. The summed E-state index contributed by atoms with van der Waals surface area (Å²) in [4.78, 5) is 29.3. The molecule has 5 heteroatoms. The Morgan fingerprint density at radius 1 is 1.00 bits per heavy atom. The summed E-state index contributed by atoms with van der Waals surface area (Å²) >= 11 is 0. The molecule has 3 aromatic rings. The molecule has 1 aliphatic carbocycles. The topological polar surface area (TPSA) is 69.6 Å². The van der Waals surface area contributed by atoms with Crippen molar-refractivity contribution in [2.24, 2.45) is 5.41 Å². The molecule has 5 nitrogen and oxygen atoms in total. The number of aromatic hydroxyl groups is 1. The molecule has 1 amide bonds. The number of carbonyl (C=O) groups is 2. The Labute approximate surface area is 199 Å². The summed E-state index contributed by atoms with van der Waals surface area (Å²) < 4.78 is 0. The van der Waals surface area contributed by atoms with E-state index in [-0.39, 0.29) is 29.3 Å². The predicted octanol–water partition coefficient (Wildman–Crippen LogP) is 5.78. The predicted molar refractivity (Wildman–Crippen MR) is 134 cm³/mol. The minimum Gasteiger partial charge on any atom is -0.508 e. The third-order valence-electron chi connectivity index (χ3n) is 6.55. The van der Waals surface area contributed by atoms with Crippen molar-refractivity contribution in [3.05, 3.63) is 101 Å². The fraction of sp³-hybridized carbons (Fsp3) is 0.241. The van der Waals surface area contributed by atoms with Crippen LogP contribution in [-0.2, 0) is 16.0 Å². The first kappa shape index (κ1) is 22.0. The van der Waals surface area contributed by atoms with Crippen LogP contribution in [0.2, 0.25) is 0 Å². The maximum atomic E-state index is 14.0. The second-order valence-corrected chi connectivity index (χ2v) is 9.90. The van der Waals surface area contributed by atoms with Crippen molar-refractivity contribution in [3.8, 4) is 5.75 Å². The number of hydrogen-bond donors (Lipinski definition) is 2. The fourth-order valence-corrected chi connectivity index (χ4v) is 5.13. The lowest BCUT2D eigenvalue weighted by atomic mass is 9.73. The van der Waals surface area contributed by atoms with Crippen LogP contribution >= 0.6 is 0 Å². The highest BCUT2D eigenvalue weighted by Gasteiger charge is 2.43. The van der Waals surface area contributed by atoms with Gasteiger partial charge in [0, 0.05) is 17.7 Å². The molecule has 0 bridgehead atoms. The Morgan fingerprint density at radius 3 is 2.50 bits per heavy atom. The summed E-state index contributed by atoms with van der Waals surface area (Å²) in [6, 6.07) is 23.6. The number of rotatable bonds is 3. The zero-order valence-corrected chi connectivity index (χ0v) is 19.4. The average Bonchev–Trinajstić information content (AvgIpc) is 2.93. The number of nitrogens with zero attached hydrogens (tertiary/aromatic N) is 1. The highest BCUT2D eigenvalue weighted by molar-refractivity contribution is 6.06. The van der Waals surface area contributed by atoms with E-state index in [1.54, 1.807) is 23.1 Å². The molecule has 0 radical (unpaired) electrons. The summed E-state index contributed by atoms with van der Waals surface area (Å²) in [6.45, 7) is 4.18. The highest BCUT2D eigenvalue weighted by Crippen LogP contribution is 2.48. The molecule has 0 spiro atoms. The van der Waals surface area contributed by atoms with Crippen molar-refractivity contribution in [2.75, 3.05) is 10.2 Å². The molecule has 2 N–H and O–H groups in total. The van der Waals surface area contributed by atoms with Gasteiger partial charge in [0.25, 0.3) is 0 Å². The van der Waals surface area contributed by atoms with Gasteiger partial charge in [-0.1, -0.05) is 68.4 Å². The number of anilines is 2. The van der Waals surface area contributed by atoms with Gasteiger partial charge in [0.2, 0.25) is 5.91 Å². The van der Waals surface area contributed by atoms with Crippen LogP contribution in [0.4, 0.5) is 11.4 Å². The van der Waals surface area contributed by atoms with Gasteiger partial charge in [0.1, 0.15) is 5.75 Å². The molecule has 1 unspecified atom stereocenters. The minimum absolute atomic E-state index is 0.0254. The lowest BCUT2D eigenvalue weighted by Gasteiger charge is -2.37. The van der Waals surface area contributed by atoms with Crippen LogP contribution < -0.4 is 10.2 Å². The van der Waals surface area contributed by atoms with Gasteiger partial charge < -0.3 is 10.4 Å². The second-order valence-electron chi connectivity index (χ2n) is 9.90. The molecular formula is C29H28N2O3. The van der Waals surface area contributed by atoms with E-state index in [0.717, 1.165) is 22.6 Å². The molecular weight excluding hydrogens is 424 g/mol. The Balaban J connectivity index is 1.73. The molecule has 0 aromatic heterocycles. The number of Topliss-reactive ketones (excluding diaryl/α,β-unsaturated/α-hetero) is 1. The summed E-state index contributed by atoms with van der Waals surface area (Å²) in [5.74, 6) is 0.0155. The van der Waals surface area contributed by atoms with Crippen LogP contribution in [-0.4, -0.2) is 16.8 Å². The second kappa shape index (κ2) is 8.49. The first-order valence-electron chi connectivity index (χ1n) is 11.6. The van der Waals surface area contributed by atoms with Crippen molar-refractivity contribution >= 4 is 23.1 Å². The van der Waals surface area contributed by atoms with E-state index in [1.165, 1.54) is 0 Å². The number of allylic oxidation sites excluding steroid dienone is 1. The number of fused-ring (bicyclic) bond motifs is 1. The number of ketones is 1. The largest absolute Gasteiger partial charge is 0.508 e. The SMILES string of the molecule is CC1(C)CC(=O)C2=C(C1)Nc1ccccc1N(C(=O)Cc1ccccc1)C2c1cccc(O)c1. The fourth-order valence-electron chi connectivity index (χ4n) is 5.13. The molecule has 1 heterocycles. The van der Waals surface area contributed by atoms with Gasteiger partial charge in [-0.2, -0.15) is 0 Å². The lowest BCUT2D eigenvalue weighted by molar-refractivity contribution is -0.119. The third kappa shape index (κ3) is 4.10. The molecule has 5 rings (SSSR count). The van der Waals surface area contributed by atoms with Gasteiger partial charge >= 0.3 is 0 Å². The minimum atomic E-state index is -0.641. The van der Waals surface area contributed by atoms with Gasteiger partial charge in [-0.15, -0.1) is 0 Å². The number of phenols is 1. The smallest absolute Gasteiger partial charge is 0.232 e. The van der Waals surface area contributed by atoms with E-state index in [2.05, 4.69) is 19.2 Å². The van der Waals surface area contributed by atoms with Crippen molar-refractivity contribution in [1.29, 1.82) is 0 Å². The first-order chi connectivity index (χ1) is 16.3. The Kier molecular flexibility index (Phi) is 5.48. The summed E-state index contributed by atoms with van der Waals surface area (Å²) in [7, 11) is 0. The van der Waals surface area contributed by atoms with E-state index in [0.29, 0.717) is 24.0 Å². The number of amides is 1. The van der Waals surface area contributed by atoms with Crippen LogP contribution in [0.5, 0.6) is 5.75 Å². The van der Waals surface area contributed by atoms with E-state index in [4.69, 9.17) is 0 Å². The van der Waals surface area contributed by atoms with E-state index >= 15 is 0 Å². The quantitative estimate of drug-likeness (QED) is 0.529. The van der Waals surface area contributed by atoms with Crippen molar-refractivity contribution in [3.63, 3.8) is 0 Å². The number of benzene rings is 3. The summed E-state index contributed by atoms with van der Waals surface area (Å²) in [5.41, 5.74) is 4.38. The number of nitrogens with one attached hydrogen (secondary N) is 1. The molecule has 1 atom stereocenters. The van der Waals surface area contributed by atoms with Crippen LogP contribution in [0.25, 0.3) is 0 Å². The Morgan fingerprint density at radius 2 is 1.74 bits per heavy atom. The van der Waals surface area contributed by atoms with Gasteiger partial charge in [-0.3, -0.25) is 14.5 Å². The number of phenolic OH excluding ortho intramolecular Hbond substituents is 1. The molecule has 0 saturated heterocycles. The van der Waals surface area contributed by atoms with Crippen LogP contribution in [0.1, 0.15) is 43.9 Å². The zero-order valence-electron chi connectivity index (χ0n) is 19.4. The lowest BCUT2D eigenvalue weighted by Crippen LogP contribution is -2.40. The normalized spacial score (nSPS) is 19.1. The molecule has 34 heavy (non-hydrogen) atoms. The van der Waals surface area contributed by atoms with Crippen LogP contribution in [0.3, 0.4) is 0 Å². The Hall–Kier alpha value is -3.86. The van der Waals surface area contributed by atoms with Gasteiger partial charge in [-0.05, 0) is 47.2 Å². The van der Waals surface area contributed by atoms with Crippen LogP contribution in [0, 0.1) is 5.41 Å². The molecule has 3 aromatic carbocycles. The average molecular weight is 453 g/mol. The number of carbonyl (C=O) groups excluding carboxylic acids is 2. The van der Waals surface area contributed by atoms with Gasteiger partial charge in [-0.25, -0.2) is 0 Å².